The van der Waals surface area contributed by atoms with Gasteiger partial charge in [0, 0.05) is 17.7 Å². The number of hydrogen-bond donors (Lipinski definition) is 1. The summed E-state index contributed by atoms with van der Waals surface area (Å²) in [7, 11) is 0. The molecule has 0 radical (unpaired) electrons. The van der Waals surface area contributed by atoms with Crippen LogP contribution in [-0.2, 0) is 4.74 Å². The number of nitrogens with one attached hydrogen (secondary N) is 1. The molecule has 0 aliphatic heterocycles. The van der Waals surface area contributed by atoms with Crippen LogP contribution in [0.5, 0.6) is 0 Å². The number of hydrogen-bond acceptors (Lipinski definition) is 3. The summed E-state index contributed by atoms with van der Waals surface area (Å²) < 4.78 is 5.29. The first-order valence-corrected chi connectivity index (χ1v) is 5.59. The van der Waals surface area contributed by atoms with Gasteiger partial charge in [-0.1, -0.05) is 11.6 Å². The standard InChI is InChI=1S/C12H15ClN2O/c1-3-16-8-9(2)15-12-5-4-11(13)6-10(12)7-14/h4-6,9,15H,3,8H2,1-2H3. The molecule has 0 fully saturated rings. The second-order valence-corrected chi connectivity index (χ2v) is 3.94. The summed E-state index contributed by atoms with van der Waals surface area (Å²) in [6, 6.07) is 7.49. The first-order chi connectivity index (χ1) is 7.67. The second-order valence-electron chi connectivity index (χ2n) is 3.51. The fourth-order valence-electron chi connectivity index (χ4n) is 1.34. The molecule has 1 atom stereocenters. The number of anilines is 1. The van der Waals surface area contributed by atoms with Gasteiger partial charge in [0.15, 0.2) is 0 Å². The molecule has 0 bridgehead atoms. The minimum Gasteiger partial charge on any atom is -0.380 e. The highest BCUT2D eigenvalue weighted by molar-refractivity contribution is 6.30. The van der Waals surface area contributed by atoms with Crippen molar-refractivity contribution in [2.75, 3.05) is 18.5 Å². The molecule has 1 aromatic carbocycles. The minimum atomic E-state index is 0.160. The molecule has 3 nitrogen and oxygen atoms in total. The molecule has 16 heavy (non-hydrogen) atoms. The fraction of sp³-hybridized carbons (Fsp3) is 0.417. The van der Waals surface area contributed by atoms with Crippen LogP contribution in [0.25, 0.3) is 0 Å². The van der Waals surface area contributed by atoms with E-state index in [-0.39, 0.29) is 6.04 Å². The Kier molecular flexibility index (Phi) is 5.10. The average molecular weight is 239 g/mol. The maximum Gasteiger partial charge on any atom is 0.101 e. The van der Waals surface area contributed by atoms with Gasteiger partial charge in [-0.05, 0) is 32.0 Å². The molecule has 0 saturated heterocycles. The second kappa shape index (κ2) is 6.37. The van der Waals surface area contributed by atoms with E-state index in [1.807, 2.05) is 19.9 Å². The van der Waals surface area contributed by atoms with Crippen LogP contribution >= 0.6 is 11.6 Å². The van der Waals surface area contributed by atoms with Crippen LogP contribution in [0, 0.1) is 11.3 Å². The smallest absolute Gasteiger partial charge is 0.101 e. The van der Waals surface area contributed by atoms with Crippen molar-refractivity contribution in [3.63, 3.8) is 0 Å². The van der Waals surface area contributed by atoms with E-state index in [0.717, 1.165) is 5.69 Å². The topological polar surface area (TPSA) is 45.0 Å². The summed E-state index contributed by atoms with van der Waals surface area (Å²) in [5.74, 6) is 0. The van der Waals surface area contributed by atoms with Gasteiger partial charge in [-0.15, -0.1) is 0 Å². The summed E-state index contributed by atoms with van der Waals surface area (Å²) in [5.41, 5.74) is 1.34. The normalized spacial score (nSPS) is 11.9. The van der Waals surface area contributed by atoms with Crippen molar-refractivity contribution in [2.24, 2.45) is 0 Å². The van der Waals surface area contributed by atoms with E-state index in [4.69, 9.17) is 21.6 Å². The number of halogens is 1. The summed E-state index contributed by atoms with van der Waals surface area (Å²) in [5, 5.41) is 12.7. The third kappa shape index (κ3) is 3.73. The Labute approximate surface area is 101 Å². The maximum absolute atomic E-state index is 8.95. The summed E-state index contributed by atoms with van der Waals surface area (Å²) in [6.07, 6.45) is 0. The molecule has 0 aliphatic rings. The Morgan fingerprint density at radius 2 is 2.31 bits per heavy atom. The zero-order valence-corrected chi connectivity index (χ0v) is 10.2. The van der Waals surface area contributed by atoms with Crippen molar-refractivity contribution in [3.8, 4) is 6.07 Å². The lowest BCUT2D eigenvalue weighted by molar-refractivity contribution is 0.141. The highest BCUT2D eigenvalue weighted by Gasteiger charge is 2.06. The molecule has 1 aromatic rings. The van der Waals surface area contributed by atoms with E-state index < -0.39 is 0 Å². The summed E-state index contributed by atoms with van der Waals surface area (Å²) in [4.78, 5) is 0. The molecule has 1 rings (SSSR count). The Hall–Kier alpha value is -1.24. The third-order valence-corrected chi connectivity index (χ3v) is 2.31. The van der Waals surface area contributed by atoms with Gasteiger partial charge in [0.25, 0.3) is 0 Å². The molecule has 1 unspecified atom stereocenters. The van der Waals surface area contributed by atoms with Gasteiger partial charge < -0.3 is 10.1 Å². The molecule has 1 N–H and O–H groups in total. The van der Waals surface area contributed by atoms with Gasteiger partial charge in [0.2, 0.25) is 0 Å². The first kappa shape index (κ1) is 12.8. The van der Waals surface area contributed by atoms with Crippen molar-refractivity contribution < 1.29 is 4.74 Å². The third-order valence-electron chi connectivity index (χ3n) is 2.08. The molecule has 0 saturated carbocycles. The van der Waals surface area contributed by atoms with E-state index >= 15 is 0 Å². The van der Waals surface area contributed by atoms with E-state index in [9.17, 15) is 0 Å². The van der Waals surface area contributed by atoms with Gasteiger partial charge in [-0.25, -0.2) is 0 Å². The van der Waals surface area contributed by atoms with E-state index in [1.54, 1.807) is 12.1 Å². The summed E-state index contributed by atoms with van der Waals surface area (Å²) >= 11 is 5.81. The monoisotopic (exact) mass is 238 g/mol. The van der Waals surface area contributed by atoms with Crippen LogP contribution in [-0.4, -0.2) is 19.3 Å². The molecule has 4 heteroatoms. The Balaban J connectivity index is 2.70. The van der Waals surface area contributed by atoms with Crippen molar-refractivity contribution in [2.45, 2.75) is 19.9 Å². The van der Waals surface area contributed by atoms with Gasteiger partial charge in [0.05, 0.1) is 17.9 Å². The highest BCUT2D eigenvalue weighted by Crippen LogP contribution is 2.20. The van der Waals surface area contributed by atoms with Gasteiger partial charge >= 0.3 is 0 Å². The molecule has 0 spiro atoms. The SMILES string of the molecule is CCOCC(C)Nc1ccc(Cl)cc1C#N. The number of rotatable bonds is 5. The Bertz CT molecular complexity index is 387. The molecule has 0 aliphatic carbocycles. The Morgan fingerprint density at radius 3 is 2.94 bits per heavy atom. The van der Waals surface area contributed by atoms with E-state index in [2.05, 4.69) is 11.4 Å². The number of ether oxygens (including phenoxy) is 1. The van der Waals surface area contributed by atoms with Crippen molar-refractivity contribution in [3.05, 3.63) is 28.8 Å². The van der Waals surface area contributed by atoms with Crippen molar-refractivity contribution in [1.29, 1.82) is 5.26 Å². The van der Waals surface area contributed by atoms with E-state index in [0.29, 0.717) is 23.8 Å². The molecule has 86 valence electrons. The molecule has 0 heterocycles. The van der Waals surface area contributed by atoms with Crippen LogP contribution in [0.1, 0.15) is 19.4 Å². The van der Waals surface area contributed by atoms with Crippen LogP contribution in [0.3, 0.4) is 0 Å². The highest BCUT2D eigenvalue weighted by atomic mass is 35.5. The van der Waals surface area contributed by atoms with Crippen LogP contribution in [0.2, 0.25) is 5.02 Å². The lowest BCUT2D eigenvalue weighted by Crippen LogP contribution is -2.22. The van der Waals surface area contributed by atoms with E-state index in [1.165, 1.54) is 0 Å². The molecular formula is C12H15ClN2O. The zero-order valence-electron chi connectivity index (χ0n) is 9.46. The van der Waals surface area contributed by atoms with Crippen LogP contribution in [0.15, 0.2) is 18.2 Å². The lowest BCUT2D eigenvalue weighted by atomic mass is 10.2. The first-order valence-electron chi connectivity index (χ1n) is 5.21. The Morgan fingerprint density at radius 1 is 1.56 bits per heavy atom. The van der Waals surface area contributed by atoms with Gasteiger partial charge in [-0.2, -0.15) is 5.26 Å². The number of benzene rings is 1. The zero-order chi connectivity index (χ0) is 12.0. The molecule has 0 amide bonds. The van der Waals surface area contributed by atoms with Crippen molar-refractivity contribution >= 4 is 17.3 Å². The van der Waals surface area contributed by atoms with Crippen LogP contribution in [0.4, 0.5) is 5.69 Å². The largest absolute Gasteiger partial charge is 0.380 e. The fourth-order valence-corrected chi connectivity index (χ4v) is 1.51. The summed E-state index contributed by atoms with van der Waals surface area (Å²) in [6.45, 7) is 5.27. The van der Waals surface area contributed by atoms with Gasteiger partial charge in [-0.3, -0.25) is 0 Å². The molecular weight excluding hydrogens is 224 g/mol. The quantitative estimate of drug-likeness (QED) is 0.858. The van der Waals surface area contributed by atoms with Crippen molar-refractivity contribution in [1.82, 2.24) is 0 Å². The molecule has 0 aromatic heterocycles. The number of nitrogens with zero attached hydrogens (tertiary/aromatic N) is 1. The average Bonchev–Trinajstić information content (AvgIpc) is 2.28. The van der Waals surface area contributed by atoms with Gasteiger partial charge in [0.1, 0.15) is 6.07 Å². The van der Waals surface area contributed by atoms with Crippen LogP contribution < -0.4 is 5.32 Å². The minimum absolute atomic E-state index is 0.160. The maximum atomic E-state index is 8.95. The number of nitriles is 1. The predicted octanol–water partition coefficient (Wildman–Crippen LogP) is 3.05. The predicted molar refractivity (Wildman–Crippen MR) is 65.7 cm³/mol. The lowest BCUT2D eigenvalue weighted by Gasteiger charge is -2.16.